The van der Waals surface area contributed by atoms with Crippen molar-refractivity contribution in [1.82, 2.24) is 5.32 Å². The van der Waals surface area contributed by atoms with Gasteiger partial charge in [0.1, 0.15) is 5.75 Å². The summed E-state index contributed by atoms with van der Waals surface area (Å²) in [6.45, 7) is -2.95. The van der Waals surface area contributed by atoms with Gasteiger partial charge in [-0.15, -0.1) is 0 Å². The minimum absolute atomic E-state index is 0.0333. The van der Waals surface area contributed by atoms with E-state index in [0.717, 1.165) is 12.1 Å². The summed E-state index contributed by atoms with van der Waals surface area (Å²) >= 11 is 0. The quantitative estimate of drug-likeness (QED) is 0.839. The molecule has 1 N–H and O–H groups in total. The number of carbonyl (C=O) groups is 1. The number of benzene rings is 1. The van der Waals surface area contributed by atoms with Gasteiger partial charge in [0.25, 0.3) is 0 Å². The molecule has 0 saturated carbocycles. The Balaban J connectivity index is 2.27. The number of para-hydroxylation sites is 1. The van der Waals surface area contributed by atoms with Gasteiger partial charge in [-0.1, -0.05) is 18.2 Å². The van der Waals surface area contributed by atoms with Gasteiger partial charge in [-0.05, 0) is 12.5 Å². The second-order valence-corrected chi connectivity index (χ2v) is 4.96. The Kier molecular flexibility index (Phi) is 5.40. The zero-order valence-corrected chi connectivity index (χ0v) is 11.8. The van der Waals surface area contributed by atoms with Crippen LogP contribution in [0.4, 0.5) is 22.0 Å². The van der Waals surface area contributed by atoms with Crippen LogP contribution in [0.3, 0.4) is 0 Å². The molecule has 1 aliphatic heterocycles. The van der Waals surface area contributed by atoms with Crippen LogP contribution in [0.2, 0.25) is 0 Å². The molecule has 1 aromatic rings. The highest BCUT2D eigenvalue weighted by Gasteiger charge is 2.44. The molecule has 0 aliphatic carbocycles. The van der Waals surface area contributed by atoms with E-state index in [1.165, 1.54) is 12.1 Å². The number of nitrogens with one attached hydrogen (secondary N) is 1. The van der Waals surface area contributed by atoms with Gasteiger partial charge in [0, 0.05) is 12.2 Å². The summed E-state index contributed by atoms with van der Waals surface area (Å²) in [5.41, 5.74) is -0.576. The third-order valence-corrected chi connectivity index (χ3v) is 3.36. The first kappa shape index (κ1) is 17.5. The first-order valence-electron chi connectivity index (χ1n) is 6.77. The Labute approximate surface area is 128 Å². The normalized spacial score (nSPS) is 19.7. The highest BCUT2D eigenvalue weighted by Crippen LogP contribution is 2.38. The number of rotatable bonds is 5. The molecule has 2 rings (SSSR count). The van der Waals surface area contributed by atoms with Crippen molar-refractivity contribution in [1.29, 1.82) is 0 Å². The summed E-state index contributed by atoms with van der Waals surface area (Å²) in [4.78, 5) is 11.9. The van der Waals surface area contributed by atoms with E-state index in [0.29, 0.717) is 13.0 Å². The molecule has 23 heavy (non-hydrogen) atoms. The lowest BCUT2D eigenvalue weighted by molar-refractivity contribution is -0.165. The average molecular weight is 339 g/mol. The van der Waals surface area contributed by atoms with Crippen LogP contribution in [0.25, 0.3) is 0 Å². The Morgan fingerprint density at radius 2 is 2.00 bits per heavy atom. The van der Waals surface area contributed by atoms with Crippen LogP contribution >= 0.6 is 0 Å². The minimum Gasteiger partial charge on any atom is -0.434 e. The van der Waals surface area contributed by atoms with Crippen LogP contribution in [-0.4, -0.2) is 31.9 Å². The Bertz CT molecular complexity index is 543. The lowest BCUT2D eigenvalue weighted by Gasteiger charge is -2.25. The van der Waals surface area contributed by atoms with E-state index in [2.05, 4.69) is 4.74 Å². The van der Waals surface area contributed by atoms with Crippen molar-refractivity contribution in [2.75, 3.05) is 13.2 Å². The van der Waals surface area contributed by atoms with Crippen LogP contribution < -0.4 is 10.1 Å². The number of halogens is 5. The average Bonchev–Trinajstić information content (AvgIpc) is 2.98. The predicted octanol–water partition coefficient (Wildman–Crippen LogP) is 3.04. The van der Waals surface area contributed by atoms with Crippen molar-refractivity contribution >= 4 is 5.91 Å². The maximum absolute atomic E-state index is 13.3. The van der Waals surface area contributed by atoms with Gasteiger partial charge in [-0.25, -0.2) is 0 Å². The van der Waals surface area contributed by atoms with Crippen LogP contribution in [0, 0.1) is 5.92 Å². The molecule has 0 bridgehead atoms. The van der Waals surface area contributed by atoms with E-state index >= 15 is 0 Å². The molecular weight excluding hydrogens is 325 g/mol. The van der Waals surface area contributed by atoms with Gasteiger partial charge < -0.3 is 14.8 Å². The van der Waals surface area contributed by atoms with E-state index in [1.807, 2.05) is 5.32 Å². The number of amides is 1. The van der Waals surface area contributed by atoms with Gasteiger partial charge in [0.15, 0.2) is 6.04 Å². The molecule has 0 aromatic heterocycles. The molecule has 1 heterocycles. The Morgan fingerprint density at radius 3 is 2.57 bits per heavy atom. The Morgan fingerprint density at radius 1 is 1.30 bits per heavy atom. The maximum atomic E-state index is 13.3. The van der Waals surface area contributed by atoms with Crippen molar-refractivity contribution in [3.63, 3.8) is 0 Å². The molecule has 0 spiro atoms. The lowest BCUT2D eigenvalue weighted by atomic mass is 10.0. The maximum Gasteiger partial charge on any atom is 0.413 e. The zero-order chi connectivity index (χ0) is 17.0. The lowest BCUT2D eigenvalue weighted by Crippen LogP contribution is -2.41. The molecule has 1 saturated heterocycles. The van der Waals surface area contributed by atoms with Crippen LogP contribution in [-0.2, 0) is 9.53 Å². The number of carbonyl (C=O) groups excluding carboxylic acids is 1. The fourth-order valence-electron chi connectivity index (χ4n) is 2.26. The van der Waals surface area contributed by atoms with E-state index < -0.39 is 42.0 Å². The molecule has 2 unspecified atom stereocenters. The molecule has 128 valence electrons. The summed E-state index contributed by atoms with van der Waals surface area (Å²) < 4.78 is 73.6. The van der Waals surface area contributed by atoms with E-state index in [-0.39, 0.29) is 6.61 Å². The van der Waals surface area contributed by atoms with Crippen molar-refractivity contribution in [3.8, 4) is 5.75 Å². The SMILES string of the molecule is O=C(NC(c1ccccc1OC(F)F)C(F)(F)F)C1CCOC1. The fraction of sp³-hybridized carbons (Fsp3) is 0.500. The first-order valence-corrected chi connectivity index (χ1v) is 6.77. The third kappa shape index (κ3) is 4.54. The summed E-state index contributed by atoms with van der Waals surface area (Å²) in [6.07, 6.45) is -4.55. The zero-order valence-electron chi connectivity index (χ0n) is 11.8. The second kappa shape index (κ2) is 7.12. The highest BCUT2D eigenvalue weighted by molar-refractivity contribution is 5.79. The summed E-state index contributed by atoms with van der Waals surface area (Å²) in [5, 5.41) is 1.86. The van der Waals surface area contributed by atoms with E-state index in [4.69, 9.17) is 4.74 Å². The third-order valence-electron chi connectivity index (χ3n) is 3.36. The molecule has 2 atom stereocenters. The van der Waals surface area contributed by atoms with Gasteiger partial charge >= 0.3 is 12.8 Å². The van der Waals surface area contributed by atoms with Crippen LogP contribution in [0.1, 0.15) is 18.0 Å². The molecule has 1 aliphatic rings. The number of alkyl halides is 5. The van der Waals surface area contributed by atoms with Gasteiger partial charge in [0.05, 0.1) is 12.5 Å². The highest BCUT2D eigenvalue weighted by atomic mass is 19.4. The smallest absolute Gasteiger partial charge is 0.413 e. The monoisotopic (exact) mass is 339 g/mol. The standard InChI is InChI=1S/C14H14F5NO3/c15-13(16)23-10-4-2-1-3-9(10)11(14(17,18)19)20-12(21)8-5-6-22-7-8/h1-4,8,11,13H,5-7H2,(H,20,21). The minimum atomic E-state index is -4.86. The fourth-order valence-corrected chi connectivity index (χ4v) is 2.26. The molecule has 1 aromatic carbocycles. The van der Waals surface area contributed by atoms with Gasteiger partial charge in [-0.2, -0.15) is 22.0 Å². The molecule has 9 heteroatoms. The van der Waals surface area contributed by atoms with Crippen LogP contribution in [0.5, 0.6) is 5.75 Å². The number of hydrogen-bond donors (Lipinski definition) is 1. The van der Waals surface area contributed by atoms with Crippen molar-refractivity contribution in [3.05, 3.63) is 29.8 Å². The van der Waals surface area contributed by atoms with Gasteiger partial charge in [0.2, 0.25) is 5.91 Å². The molecule has 1 amide bonds. The van der Waals surface area contributed by atoms with Crippen molar-refractivity contribution in [2.24, 2.45) is 5.92 Å². The molecule has 1 fully saturated rings. The van der Waals surface area contributed by atoms with Crippen molar-refractivity contribution in [2.45, 2.75) is 25.3 Å². The molecule has 4 nitrogen and oxygen atoms in total. The van der Waals surface area contributed by atoms with Crippen LogP contribution in [0.15, 0.2) is 24.3 Å². The second-order valence-electron chi connectivity index (χ2n) is 4.96. The number of ether oxygens (including phenoxy) is 2. The Hall–Kier alpha value is -1.90. The summed E-state index contributed by atoms with van der Waals surface area (Å²) in [5.74, 6) is -2.16. The molecule has 0 radical (unpaired) electrons. The summed E-state index contributed by atoms with van der Waals surface area (Å²) in [7, 11) is 0. The van der Waals surface area contributed by atoms with E-state index in [1.54, 1.807) is 0 Å². The van der Waals surface area contributed by atoms with Crippen molar-refractivity contribution < 1.29 is 36.2 Å². The van der Waals surface area contributed by atoms with E-state index in [9.17, 15) is 26.7 Å². The number of hydrogen-bond acceptors (Lipinski definition) is 3. The van der Waals surface area contributed by atoms with Gasteiger partial charge in [-0.3, -0.25) is 4.79 Å². The predicted molar refractivity (Wildman–Crippen MR) is 68.9 cm³/mol. The topological polar surface area (TPSA) is 47.6 Å². The first-order chi connectivity index (χ1) is 10.8. The largest absolute Gasteiger partial charge is 0.434 e. The summed E-state index contributed by atoms with van der Waals surface area (Å²) in [6, 6.07) is 2.05. The molecular formula is C14H14F5NO3.